The monoisotopic (exact) mass is 367 g/mol. The van der Waals surface area contributed by atoms with Gasteiger partial charge in [0.2, 0.25) is 0 Å². The third kappa shape index (κ3) is 4.15. The molecule has 25 heavy (non-hydrogen) atoms. The Morgan fingerprint density at radius 2 is 1.92 bits per heavy atom. The van der Waals surface area contributed by atoms with Crippen molar-refractivity contribution >= 4 is 21.5 Å². The molecule has 3 rings (SSSR count). The van der Waals surface area contributed by atoms with E-state index >= 15 is 0 Å². The topological polar surface area (TPSA) is 83.9 Å². The van der Waals surface area contributed by atoms with Crippen molar-refractivity contribution in [3.05, 3.63) is 29.3 Å². The number of aliphatic hydroxyl groups excluding tert-OH is 1. The maximum absolute atomic E-state index is 12.1. The van der Waals surface area contributed by atoms with Crippen molar-refractivity contribution in [2.75, 3.05) is 37.5 Å². The predicted molar refractivity (Wildman–Crippen MR) is 95.5 cm³/mol. The maximum Gasteiger partial charge on any atom is 0.339 e. The minimum atomic E-state index is -3.36. The van der Waals surface area contributed by atoms with Crippen LogP contribution in [-0.4, -0.2) is 52.1 Å². The first-order valence-electron chi connectivity index (χ1n) is 8.66. The Labute approximate surface area is 148 Å². The smallest absolute Gasteiger partial charge is 0.339 e. The molecule has 6 nitrogen and oxygen atoms in total. The van der Waals surface area contributed by atoms with Crippen LogP contribution in [0.3, 0.4) is 0 Å². The lowest BCUT2D eigenvalue weighted by molar-refractivity contribution is 0.0601. The van der Waals surface area contributed by atoms with E-state index in [1.54, 1.807) is 18.2 Å². The molecule has 1 aliphatic heterocycles. The molecule has 2 aliphatic rings. The molecular formula is C18H25NO5S. The highest BCUT2D eigenvalue weighted by Crippen LogP contribution is 2.54. The second kappa shape index (κ2) is 6.96. The zero-order valence-electron chi connectivity index (χ0n) is 14.5. The van der Waals surface area contributed by atoms with Crippen LogP contribution in [0, 0.1) is 5.41 Å². The summed E-state index contributed by atoms with van der Waals surface area (Å²) in [6.45, 7) is 1.36. The van der Waals surface area contributed by atoms with Gasteiger partial charge in [0.1, 0.15) is 0 Å². The number of methoxy groups -OCH3 is 1. The van der Waals surface area contributed by atoms with Gasteiger partial charge in [0.05, 0.1) is 36.5 Å². The van der Waals surface area contributed by atoms with Gasteiger partial charge in [-0.25, -0.2) is 13.2 Å². The number of benzene rings is 1. The average molecular weight is 367 g/mol. The number of carbonyl (C=O) groups is 1. The number of nitrogens with zero attached hydrogens (tertiary/aromatic N) is 1. The van der Waals surface area contributed by atoms with Crippen LogP contribution in [0.5, 0.6) is 0 Å². The fraction of sp³-hybridized carbons (Fsp3) is 0.611. The number of aliphatic hydroxyl groups is 1. The summed E-state index contributed by atoms with van der Waals surface area (Å²) in [6.07, 6.45) is 4.82. The van der Waals surface area contributed by atoms with Crippen molar-refractivity contribution in [1.82, 2.24) is 0 Å². The van der Waals surface area contributed by atoms with Gasteiger partial charge in [0.25, 0.3) is 0 Å². The van der Waals surface area contributed by atoms with E-state index in [4.69, 9.17) is 9.84 Å². The Hall–Kier alpha value is -1.60. The number of piperidine rings is 1. The number of esters is 1. The molecule has 1 saturated carbocycles. The summed E-state index contributed by atoms with van der Waals surface area (Å²) in [6, 6.07) is 5.08. The summed E-state index contributed by atoms with van der Waals surface area (Å²) in [5, 5.41) is 8.89. The summed E-state index contributed by atoms with van der Waals surface area (Å²) in [7, 11) is -2.02. The Kier molecular flexibility index (Phi) is 5.06. The maximum atomic E-state index is 12.1. The lowest BCUT2D eigenvalue weighted by Gasteiger charge is -2.35. The zero-order chi connectivity index (χ0) is 18.1. The molecule has 1 spiro atoms. The first-order chi connectivity index (χ1) is 11.9. The van der Waals surface area contributed by atoms with E-state index in [1.165, 1.54) is 20.0 Å². The molecular weight excluding hydrogens is 342 g/mol. The standard InChI is InChI=1S/C18H25NO5S/c1-24-17(21)15-3-2-14(13-25(22,23)11-10-20)12-16(15)19-8-6-18(4-5-18)7-9-19/h2-3,12,20H,4-11,13H2,1H3. The highest BCUT2D eigenvalue weighted by molar-refractivity contribution is 7.90. The average Bonchev–Trinajstić information content (AvgIpc) is 3.33. The van der Waals surface area contributed by atoms with E-state index in [2.05, 4.69) is 4.90 Å². The predicted octanol–water partition coefficient (Wildman–Crippen LogP) is 1.76. The van der Waals surface area contributed by atoms with Crippen LogP contribution in [0.4, 0.5) is 5.69 Å². The van der Waals surface area contributed by atoms with Crippen molar-refractivity contribution < 1.29 is 23.1 Å². The van der Waals surface area contributed by atoms with E-state index in [0.717, 1.165) is 31.6 Å². The summed E-state index contributed by atoms with van der Waals surface area (Å²) < 4.78 is 28.9. The van der Waals surface area contributed by atoms with Gasteiger partial charge in [-0.3, -0.25) is 0 Å². The summed E-state index contributed by atoms with van der Waals surface area (Å²) >= 11 is 0. The fourth-order valence-electron chi connectivity index (χ4n) is 3.58. The molecule has 0 bridgehead atoms. The first-order valence-corrected chi connectivity index (χ1v) is 10.5. The molecule has 7 heteroatoms. The summed E-state index contributed by atoms with van der Waals surface area (Å²) in [4.78, 5) is 14.3. The molecule has 0 atom stereocenters. The van der Waals surface area contributed by atoms with Crippen LogP contribution in [0.15, 0.2) is 18.2 Å². The van der Waals surface area contributed by atoms with Crippen molar-refractivity contribution in [3.63, 3.8) is 0 Å². The quantitative estimate of drug-likeness (QED) is 0.772. The minimum absolute atomic E-state index is 0.139. The minimum Gasteiger partial charge on any atom is -0.465 e. The third-order valence-corrected chi connectivity index (χ3v) is 6.96. The summed E-state index contributed by atoms with van der Waals surface area (Å²) in [5.41, 5.74) is 2.36. The van der Waals surface area contributed by atoms with Gasteiger partial charge in [-0.1, -0.05) is 6.07 Å². The molecule has 1 saturated heterocycles. The van der Waals surface area contributed by atoms with Crippen molar-refractivity contribution in [1.29, 1.82) is 0 Å². The van der Waals surface area contributed by atoms with Gasteiger partial charge in [-0.2, -0.15) is 0 Å². The van der Waals surface area contributed by atoms with Gasteiger partial charge in [0, 0.05) is 13.1 Å². The zero-order valence-corrected chi connectivity index (χ0v) is 15.3. The molecule has 1 aromatic rings. The molecule has 1 aromatic carbocycles. The largest absolute Gasteiger partial charge is 0.465 e. The van der Waals surface area contributed by atoms with Crippen LogP contribution in [0.25, 0.3) is 0 Å². The normalized spacial score (nSPS) is 19.0. The van der Waals surface area contributed by atoms with E-state index < -0.39 is 15.8 Å². The van der Waals surface area contributed by atoms with Gasteiger partial charge in [-0.05, 0) is 48.8 Å². The lowest BCUT2D eigenvalue weighted by atomic mass is 9.93. The first kappa shape index (κ1) is 18.2. The number of sulfone groups is 1. The van der Waals surface area contributed by atoms with Crippen molar-refractivity contribution in [3.8, 4) is 0 Å². The molecule has 1 N–H and O–H groups in total. The molecule has 0 radical (unpaired) electrons. The SMILES string of the molecule is COC(=O)c1ccc(CS(=O)(=O)CCO)cc1N1CCC2(CC1)CC2. The molecule has 1 heterocycles. The van der Waals surface area contributed by atoms with Gasteiger partial charge in [-0.15, -0.1) is 0 Å². The van der Waals surface area contributed by atoms with Crippen molar-refractivity contribution in [2.45, 2.75) is 31.4 Å². The Morgan fingerprint density at radius 1 is 1.24 bits per heavy atom. The van der Waals surface area contributed by atoms with E-state index in [-0.39, 0.29) is 18.1 Å². The van der Waals surface area contributed by atoms with E-state index in [0.29, 0.717) is 16.5 Å². The Morgan fingerprint density at radius 3 is 2.48 bits per heavy atom. The van der Waals surface area contributed by atoms with Gasteiger partial charge < -0.3 is 14.7 Å². The molecule has 0 aromatic heterocycles. The number of anilines is 1. The molecule has 2 fully saturated rings. The summed E-state index contributed by atoms with van der Waals surface area (Å²) in [5.74, 6) is -0.806. The number of rotatable bonds is 6. The Balaban J connectivity index is 1.86. The van der Waals surface area contributed by atoms with Crippen molar-refractivity contribution in [2.24, 2.45) is 5.41 Å². The number of hydrogen-bond acceptors (Lipinski definition) is 6. The molecule has 0 amide bonds. The van der Waals surface area contributed by atoms with E-state index in [9.17, 15) is 13.2 Å². The fourth-order valence-corrected chi connectivity index (χ4v) is 4.69. The molecule has 138 valence electrons. The van der Waals surface area contributed by atoms with Crippen LogP contribution < -0.4 is 4.90 Å². The molecule has 1 aliphatic carbocycles. The second-order valence-electron chi connectivity index (χ2n) is 7.15. The molecule has 0 unspecified atom stereocenters. The number of carbonyl (C=O) groups excluding carboxylic acids is 1. The van der Waals surface area contributed by atoms with Crippen LogP contribution in [0.1, 0.15) is 41.6 Å². The number of hydrogen-bond donors (Lipinski definition) is 1. The number of ether oxygens (including phenoxy) is 1. The van der Waals surface area contributed by atoms with Crippen LogP contribution >= 0.6 is 0 Å². The third-order valence-electron chi connectivity index (χ3n) is 5.38. The lowest BCUT2D eigenvalue weighted by Crippen LogP contribution is -2.35. The van der Waals surface area contributed by atoms with Crippen LogP contribution in [-0.2, 0) is 20.3 Å². The highest BCUT2D eigenvalue weighted by atomic mass is 32.2. The van der Waals surface area contributed by atoms with E-state index in [1.807, 2.05) is 0 Å². The Bertz CT molecular complexity index is 745. The van der Waals surface area contributed by atoms with Crippen LogP contribution in [0.2, 0.25) is 0 Å². The highest BCUT2D eigenvalue weighted by Gasteiger charge is 2.44. The van der Waals surface area contributed by atoms with Gasteiger partial charge >= 0.3 is 5.97 Å². The second-order valence-corrected chi connectivity index (χ2v) is 9.33. The van der Waals surface area contributed by atoms with Gasteiger partial charge in [0.15, 0.2) is 9.84 Å².